The van der Waals surface area contributed by atoms with E-state index in [4.69, 9.17) is 9.47 Å². The molecule has 0 saturated carbocycles. The molecule has 1 aliphatic heterocycles. The Morgan fingerprint density at radius 2 is 2.08 bits per heavy atom. The minimum Gasteiger partial charge on any atom is -0.444 e. The summed E-state index contributed by atoms with van der Waals surface area (Å²) in [5.41, 5.74) is 0.654. The monoisotopic (exact) mass is 331 g/mol. The van der Waals surface area contributed by atoms with E-state index in [1.165, 1.54) is 5.56 Å². The molecule has 0 spiro atoms. The standard InChI is InChI=1S/C18H25N3O3/c1-18(2,3)24-17(22)20-10-16-13-21(12-15(9-19)23-16)11-14-7-5-4-6-8-14/h4-8,15-16H,10-13H2,1-3H3,(H,20,22)/t15-,16-/m0/s1. The maximum atomic E-state index is 11.8. The molecule has 2 atom stereocenters. The van der Waals surface area contributed by atoms with Gasteiger partial charge in [-0.2, -0.15) is 5.26 Å². The van der Waals surface area contributed by atoms with Gasteiger partial charge in [0.15, 0.2) is 6.10 Å². The third kappa shape index (κ3) is 6.19. The normalized spacial score (nSPS) is 21.8. The van der Waals surface area contributed by atoms with Crippen molar-refractivity contribution in [1.29, 1.82) is 5.26 Å². The predicted molar refractivity (Wildman–Crippen MR) is 90.2 cm³/mol. The molecule has 1 N–H and O–H groups in total. The first-order valence-corrected chi connectivity index (χ1v) is 8.14. The number of morpholine rings is 1. The van der Waals surface area contributed by atoms with Crippen molar-refractivity contribution in [3.05, 3.63) is 35.9 Å². The number of carbonyl (C=O) groups is 1. The van der Waals surface area contributed by atoms with Gasteiger partial charge in [-0.3, -0.25) is 4.90 Å². The highest BCUT2D eigenvalue weighted by atomic mass is 16.6. The zero-order chi connectivity index (χ0) is 17.6. The fourth-order valence-corrected chi connectivity index (χ4v) is 2.58. The number of nitrogens with one attached hydrogen (secondary N) is 1. The largest absolute Gasteiger partial charge is 0.444 e. The van der Waals surface area contributed by atoms with Gasteiger partial charge in [-0.1, -0.05) is 30.3 Å². The van der Waals surface area contributed by atoms with Gasteiger partial charge < -0.3 is 14.8 Å². The van der Waals surface area contributed by atoms with Crippen LogP contribution in [0.4, 0.5) is 4.79 Å². The zero-order valence-electron chi connectivity index (χ0n) is 14.5. The number of amides is 1. The van der Waals surface area contributed by atoms with Crippen LogP contribution in [0.25, 0.3) is 0 Å². The fourth-order valence-electron chi connectivity index (χ4n) is 2.58. The molecule has 0 radical (unpaired) electrons. The lowest BCUT2D eigenvalue weighted by Crippen LogP contribution is -2.51. The Morgan fingerprint density at radius 3 is 2.71 bits per heavy atom. The Bertz CT molecular complexity index is 577. The molecule has 1 fully saturated rings. The Morgan fingerprint density at radius 1 is 1.38 bits per heavy atom. The minimum absolute atomic E-state index is 0.236. The molecular formula is C18H25N3O3. The molecule has 0 aliphatic carbocycles. The average molecular weight is 331 g/mol. The van der Waals surface area contributed by atoms with Crippen LogP contribution in [0, 0.1) is 11.3 Å². The lowest BCUT2D eigenvalue weighted by molar-refractivity contribution is -0.0623. The molecule has 1 aromatic rings. The van der Waals surface area contributed by atoms with Crippen LogP contribution in [-0.2, 0) is 16.0 Å². The number of nitrogens with zero attached hydrogens (tertiary/aromatic N) is 2. The highest BCUT2D eigenvalue weighted by Gasteiger charge is 2.28. The number of nitriles is 1. The maximum Gasteiger partial charge on any atom is 0.407 e. The third-order valence-corrected chi connectivity index (χ3v) is 3.51. The first-order valence-electron chi connectivity index (χ1n) is 8.14. The van der Waals surface area contributed by atoms with Crippen LogP contribution in [0.5, 0.6) is 0 Å². The molecule has 0 bridgehead atoms. The van der Waals surface area contributed by atoms with Crippen LogP contribution in [-0.4, -0.2) is 48.4 Å². The molecule has 0 aromatic heterocycles. The molecule has 6 nitrogen and oxygen atoms in total. The summed E-state index contributed by atoms with van der Waals surface area (Å²) >= 11 is 0. The molecule has 2 rings (SSSR count). The third-order valence-electron chi connectivity index (χ3n) is 3.51. The van der Waals surface area contributed by atoms with Gasteiger partial charge in [-0.25, -0.2) is 4.79 Å². The van der Waals surface area contributed by atoms with E-state index in [0.29, 0.717) is 19.6 Å². The van der Waals surface area contributed by atoms with Crippen LogP contribution in [0.2, 0.25) is 0 Å². The summed E-state index contributed by atoms with van der Waals surface area (Å²) in [5, 5.41) is 11.9. The Labute approximate surface area is 143 Å². The Hall–Kier alpha value is -2.10. The Balaban J connectivity index is 1.88. The topological polar surface area (TPSA) is 74.6 Å². The first-order chi connectivity index (χ1) is 11.4. The average Bonchev–Trinajstić information content (AvgIpc) is 2.52. The van der Waals surface area contributed by atoms with Crippen molar-refractivity contribution in [2.24, 2.45) is 0 Å². The van der Waals surface area contributed by atoms with Crippen LogP contribution < -0.4 is 5.32 Å². The summed E-state index contributed by atoms with van der Waals surface area (Å²) in [6.45, 7) is 7.74. The molecular weight excluding hydrogens is 306 g/mol. The van der Waals surface area contributed by atoms with Gasteiger partial charge in [0.25, 0.3) is 0 Å². The predicted octanol–water partition coefficient (Wildman–Crippen LogP) is 2.30. The van der Waals surface area contributed by atoms with Crippen molar-refractivity contribution in [3.8, 4) is 6.07 Å². The van der Waals surface area contributed by atoms with Gasteiger partial charge in [-0.15, -0.1) is 0 Å². The molecule has 1 aliphatic rings. The van der Waals surface area contributed by atoms with E-state index in [0.717, 1.165) is 6.54 Å². The van der Waals surface area contributed by atoms with Crippen molar-refractivity contribution in [3.63, 3.8) is 0 Å². The van der Waals surface area contributed by atoms with Crippen molar-refractivity contribution >= 4 is 6.09 Å². The summed E-state index contributed by atoms with van der Waals surface area (Å²) in [5.74, 6) is 0. The molecule has 0 unspecified atom stereocenters. The molecule has 1 amide bonds. The number of alkyl carbamates (subject to hydrolysis) is 1. The van der Waals surface area contributed by atoms with Gasteiger partial charge in [-0.05, 0) is 26.3 Å². The molecule has 130 valence electrons. The van der Waals surface area contributed by atoms with Crippen LogP contribution >= 0.6 is 0 Å². The van der Waals surface area contributed by atoms with E-state index in [-0.39, 0.29) is 6.10 Å². The summed E-state index contributed by atoms with van der Waals surface area (Å²) in [6.07, 6.45) is -1.20. The maximum absolute atomic E-state index is 11.8. The summed E-state index contributed by atoms with van der Waals surface area (Å²) in [6, 6.07) is 12.3. The SMILES string of the molecule is CC(C)(C)OC(=O)NC[C@H]1CN(Cc2ccccc2)C[C@H](C#N)O1. The van der Waals surface area contributed by atoms with Crippen molar-refractivity contribution in [2.75, 3.05) is 19.6 Å². The van der Waals surface area contributed by atoms with Crippen LogP contribution in [0.3, 0.4) is 0 Å². The first kappa shape index (κ1) is 18.2. The van der Waals surface area contributed by atoms with Crippen molar-refractivity contribution in [1.82, 2.24) is 10.2 Å². The van der Waals surface area contributed by atoms with Gasteiger partial charge in [0.05, 0.1) is 12.2 Å². The summed E-state index contributed by atoms with van der Waals surface area (Å²) < 4.78 is 10.9. The van der Waals surface area contributed by atoms with Crippen molar-refractivity contribution < 1.29 is 14.3 Å². The van der Waals surface area contributed by atoms with Gasteiger partial charge >= 0.3 is 6.09 Å². The zero-order valence-corrected chi connectivity index (χ0v) is 14.5. The van der Waals surface area contributed by atoms with E-state index >= 15 is 0 Å². The number of hydrogen-bond donors (Lipinski definition) is 1. The minimum atomic E-state index is -0.536. The van der Waals surface area contributed by atoms with E-state index < -0.39 is 17.8 Å². The van der Waals surface area contributed by atoms with Gasteiger partial charge in [0.1, 0.15) is 5.60 Å². The number of benzene rings is 1. The smallest absolute Gasteiger partial charge is 0.407 e. The highest BCUT2D eigenvalue weighted by Crippen LogP contribution is 2.14. The lowest BCUT2D eigenvalue weighted by Gasteiger charge is -2.35. The van der Waals surface area contributed by atoms with Gasteiger partial charge in [0, 0.05) is 26.2 Å². The fraction of sp³-hybridized carbons (Fsp3) is 0.556. The van der Waals surface area contributed by atoms with Crippen molar-refractivity contribution in [2.45, 2.75) is 45.1 Å². The van der Waals surface area contributed by atoms with Crippen LogP contribution in [0.1, 0.15) is 26.3 Å². The summed E-state index contributed by atoms with van der Waals surface area (Å²) in [4.78, 5) is 13.9. The molecule has 1 saturated heterocycles. The molecule has 24 heavy (non-hydrogen) atoms. The number of ether oxygens (including phenoxy) is 2. The van der Waals surface area contributed by atoms with E-state index in [2.05, 4.69) is 28.4 Å². The number of rotatable bonds is 4. The summed E-state index contributed by atoms with van der Waals surface area (Å²) in [7, 11) is 0. The van der Waals surface area contributed by atoms with Crippen LogP contribution in [0.15, 0.2) is 30.3 Å². The van der Waals surface area contributed by atoms with Gasteiger partial charge in [0.2, 0.25) is 0 Å². The van der Waals surface area contributed by atoms with E-state index in [1.54, 1.807) is 0 Å². The number of carbonyl (C=O) groups excluding carboxylic acids is 1. The molecule has 1 heterocycles. The lowest BCUT2D eigenvalue weighted by atomic mass is 10.1. The van der Waals surface area contributed by atoms with E-state index in [9.17, 15) is 10.1 Å². The Kier molecular flexibility index (Phi) is 6.18. The highest BCUT2D eigenvalue weighted by molar-refractivity contribution is 5.67. The van der Waals surface area contributed by atoms with E-state index in [1.807, 2.05) is 39.0 Å². The quantitative estimate of drug-likeness (QED) is 0.916. The molecule has 6 heteroatoms. The number of hydrogen-bond acceptors (Lipinski definition) is 5. The second kappa shape index (κ2) is 8.13. The molecule has 1 aromatic carbocycles. The second-order valence-corrected chi connectivity index (χ2v) is 6.94. The second-order valence-electron chi connectivity index (χ2n) is 6.94.